The summed E-state index contributed by atoms with van der Waals surface area (Å²) in [6, 6.07) is 4.59. The van der Waals surface area contributed by atoms with Gasteiger partial charge in [-0.3, -0.25) is 4.79 Å². The second kappa shape index (κ2) is 5.70. The zero-order valence-corrected chi connectivity index (χ0v) is 10.5. The quantitative estimate of drug-likeness (QED) is 0.480. The lowest BCUT2D eigenvalue weighted by Gasteiger charge is -2.12. The molecule has 0 heterocycles. The number of ketones is 1. The Labute approximate surface area is 119 Å². The van der Waals surface area contributed by atoms with Crippen molar-refractivity contribution in [2.24, 2.45) is 0 Å². The summed E-state index contributed by atoms with van der Waals surface area (Å²) in [4.78, 5) is 12.1. The fourth-order valence-electron chi connectivity index (χ4n) is 1.71. The molecule has 0 N–H and O–H groups in total. The minimum atomic E-state index is -5.07. The second-order valence-corrected chi connectivity index (χ2v) is 4.12. The minimum Gasteiger partial charge on any atom is -0.405 e. The van der Waals surface area contributed by atoms with Crippen LogP contribution in [0, 0.1) is 17.5 Å². The maximum atomic E-state index is 13.5. The summed E-state index contributed by atoms with van der Waals surface area (Å²) in [5.74, 6) is -6.56. The first-order chi connectivity index (χ1) is 10.2. The van der Waals surface area contributed by atoms with Gasteiger partial charge in [-0.2, -0.15) is 0 Å². The topological polar surface area (TPSA) is 26.3 Å². The van der Waals surface area contributed by atoms with Gasteiger partial charge in [0.15, 0.2) is 17.4 Å². The highest BCUT2D eigenvalue weighted by atomic mass is 19.4. The maximum absolute atomic E-state index is 13.5. The van der Waals surface area contributed by atoms with Crippen molar-refractivity contribution < 1.29 is 35.9 Å². The van der Waals surface area contributed by atoms with Crippen LogP contribution in [0.3, 0.4) is 0 Å². The van der Waals surface area contributed by atoms with Crippen LogP contribution >= 0.6 is 0 Å². The Hall–Kier alpha value is -2.51. The van der Waals surface area contributed by atoms with Gasteiger partial charge in [0, 0.05) is 6.07 Å². The molecule has 0 spiro atoms. The summed E-state index contributed by atoms with van der Waals surface area (Å²) >= 11 is 0. The molecule has 0 fully saturated rings. The number of rotatable bonds is 3. The molecule has 0 aliphatic rings. The lowest BCUT2D eigenvalue weighted by Crippen LogP contribution is -2.19. The van der Waals surface area contributed by atoms with E-state index in [1.165, 1.54) is 12.1 Å². The average molecular weight is 320 g/mol. The van der Waals surface area contributed by atoms with E-state index in [2.05, 4.69) is 4.74 Å². The van der Waals surface area contributed by atoms with Crippen molar-refractivity contribution in [3.8, 4) is 5.75 Å². The maximum Gasteiger partial charge on any atom is 0.573 e. The van der Waals surface area contributed by atoms with Crippen molar-refractivity contribution in [1.82, 2.24) is 0 Å². The van der Waals surface area contributed by atoms with Gasteiger partial charge in [-0.1, -0.05) is 12.1 Å². The standard InChI is InChI=1S/C14H6F6O2/c15-9-6-11(17)10(16)5-8(9)13(21)7-3-1-2-4-12(7)22-14(18,19)20/h1-6H. The van der Waals surface area contributed by atoms with Crippen molar-refractivity contribution in [2.75, 3.05) is 0 Å². The zero-order valence-electron chi connectivity index (χ0n) is 10.5. The second-order valence-electron chi connectivity index (χ2n) is 4.12. The van der Waals surface area contributed by atoms with Crippen LogP contribution in [0.2, 0.25) is 0 Å². The van der Waals surface area contributed by atoms with E-state index in [1.807, 2.05) is 0 Å². The van der Waals surface area contributed by atoms with Gasteiger partial charge < -0.3 is 4.74 Å². The molecule has 0 saturated heterocycles. The summed E-state index contributed by atoms with van der Waals surface area (Å²) in [5.41, 5.74) is -1.54. The van der Waals surface area contributed by atoms with Crippen LogP contribution in [-0.2, 0) is 0 Å². The molecule has 0 amide bonds. The van der Waals surface area contributed by atoms with Gasteiger partial charge in [0.2, 0.25) is 0 Å². The van der Waals surface area contributed by atoms with Gasteiger partial charge in [-0.05, 0) is 18.2 Å². The van der Waals surface area contributed by atoms with Gasteiger partial charge in [-0.15, -0.1) is 13.2 Å². The average Bonchev–Trinajstić information content (AvgIpc) is 2.41. The van der Waals surface area contributed by atoms with E-state index >= 15 is 0 Å². The third-order valence-electron chi connectivity index (χ3n) is 2.61. The summed E-state index contributed by atoms with van der Waals surface area (Å²) < 4.78 is 79.9. The molecule has 0 saturated carbocycles. The van der Waals surface area contributed by atoms with Crippen molar-refractivity contribution >= 4 is 5.78 Å². The van der Waals surface area contributed by atoms with E-state index < -0.39 is 46.5 Å². The van der Waals surface area contributed by atoms with Gasteiger partial charge in [0.05, 0.1) is 11.1 Å². The molecule has 0 bridgehead atoms. The number of alkyl halides is 3. The molecule has 2 aromatic carbocycles. The van der Waals surface area contributed by atoms with Crippen LogP contribution in [0.5, 0.6) is 5.75 Å². The van der Waals surface area contributed by atoms with Crippen LogP contribution < -0.4 is 4.74 Å². The van der Waals surface area contributed by atoms with Gasteiger partial charge in [0.1, 0.15) is 11.6 Å². The van der Waals surface area contributed by atoms with Gasteiger partial charge in [-0.25, -0.2) is 13.2 Å². The number of hydrogen-bond donors (Lipinski definition) is 0. The Morgan fingerprint density at radius 1 is 0.864 bits per heavy atom. The molecule has 2 nitrogen and oxygen atoms in total. The Kier molecular flexibility index (Phi) is 4.11. The van der Waals surface area contributed by atoms with Crippen LogP contribution in [-0.4, -0.2) is 12.1 Å². The number of ether oxygens (including phenoxy) is 1. The molecule has 0 aliphatic heterocycles. The summed E-state index contributed by atoms with van der Waals surface area (Å²) in [6.45, 7) is 0. The number of halogens is 6. The smallest absolute Gasteiger partial charge is 0.405 e. The van der Waals surface area contributed by atoms with E-state index in [0.717, 1.165) is 12.1 Å². The fourth-order valence-corrected chi connectivity index (χ4v) is 1.71. The zero-order chi connectivity index (χ0) is 16.5. The highest BCUT2D eigenvalue weighted by Crippen LogP contribution is 2.28. The normalized spacial score (nSPS) is 11.4. The SMILES string of the molecule is O=C(c1cc(F)c(F)cc1F)c1ccccc1OC(F)(F)F. The van der Waals surface area contributed by atoms with E-state index in [-0.39, 0.29) is 12.1 Å². The van der Waals surface area contributed by atoms with E-state index in [1.54, 1.807) is 0 Å². The molecule has 2 rings (SSSR count). The van der Waals surface area contributed by atoms with E-state index in [9.17, 15) is 31.1 Å². The first-order valence-electron chi connectivity index (χ1n) is 5.73. The van der Waals surface area contributed by atoms with Crippen LogP contribution in [0.15, 0.2) is 36.4 Å². The molecule has 116 valence electrons. The molecule has 0 unspecified atom stereocenters. The molecule has 0 aliphatic carbocycles. The Balaban J connectivity index is 2.49. The highest BCUT2D eigenvalue weighted by molar-refractivity contribution is 6.10. The molecule has 22 heavy (non-hydrogen) atoms. The monoisotopic (exact) mass is 320 g/mol. The van der Waals surface area contributed by atoms with Crippen molar-refractivity contribution in [2.45, 2.75) is 6.36 Å². The molecule has 2 aromatic rings. The molecular weight excluding hydrogens is 314 g/mol. The van der Waals surface area contributed by atoms with Crippen LogP contribution in [0.1, 0.15) is 15.9 Å². The molecule has 0 aromatic heterocycles. The summed E-state index contributed by atoms with van der Waals surface area (Å²) in [6.07, 6.45) is -5.07. The van der Waals surface area contributed by atoms with Gasteiger partial charge >= 0.3 is 6.36 Å². The predicted molar refractivity (Wildman–Crippen MR) is 62.9 cm³/mol. The number of benzene rings is 2. The first kappa shape index (κ1) is 15.9. The highest BCUT2D eigenvalue weighted by Gasteiger charge is 2.33. The Morgan fingerprint density at radius 2 is 1.45 bits per heavy atom. The summed E-state index contributed by atoms with van der Waals surface area (Å²) in [5, 5.41) is 0. The number of hydrogen-bond acceptors (Lipinski definition) is 2. The van der Waals surface area contributed by atoms with E-state index in [4.69, 9.17) is 0 Å². The largest absolute Gasteiger partial charge is 0.573 e. The Bertz CT molecular complexity index is 724. The number of carbonyl (C=O) groups is 1. The summed E-state index contributed by atoms with van der Waals surface area (Å²) in [7, 11) is 0. The van der Waals surface area contributed by atoms with Crippen molar-refractivity contribution in [3.05, 3.63) is 65.0 Å². The Morgan fingerprint density at radius 3 is 2.09 bits per heavy atom. The van der Waals surface area contributed by atoms with Crippen molar-refractivity contribution in [3.63, 3.8) is 0 Å². The van der Waals surface area contributed by atoms with Crippen molar-refractivity contribution in [1.29, 1.82) is 0 Å². The third kappa shape index (κ3) is 3.38. The lowest BCUT2D eigenvalue weighted by atomic mass is 10.0. The van der Waals surface area contributed by atoms with Gasteiger partial charge in [0.25, 0.3) is 0 Å². The first-order valence-corrected chi connectivity index (χ1v) is 5.73. The molecule has 0 radical (unpaired) electrons. The molecular formula is C14H6F6O2. The van der Waals surface area contributed by atoms with E-state index in [0.29, 0.717) is 0 Å². The lowest BCUT2D eigenvalue weighted by molar-refractivity contribution is -0.274. The number of carbonyl (C=O) groups excluding carboxylic acids is 1. The van der Waals surface area contributed by atoms with Crippen LogP contribution in [0.25, 0.3) is 0 Å². The predicted octanol–water partition coefficient (Wildman–Crippen LogP) is 4.23. The molecule has 8 heteroatoms. The third-order valence-corrected chi connectivity index (χ3v) is 2.61. The van der Waals surface area contributed by atoms with Crippen LogP contribution in [0.4, 0.5) is 26.3 Å². The minimum absolute atomic E-state index is 0.135. The fraction of sp³-hybridized carbons (Fsp3) is 0.0714. The molecule has 0 atom stereocenters. The number of para-hydroxylation sites is 1.